The van der Waals surface area contributed by atoms with Crippen LogP contribution in [0.4, 0.5) is 4.39 Å². The van der Waals surface area contributed by atoms with Crippen LogP contribution in [0, 0.1) is 5.82 Å². The van der Waals surface area contributed by atoms with Crippen LogP contribution in [0.1, 0.15) is 23.0 Å². The number of hydrogen-bond donors (Lipinski definition) is 2. The van der Waals surface area contributed by atoms with Crippen molar-refractivity contribution in [3.8, 4) is 17.1 Å². The fraction of sp³-hybridized carbons (Fsp3) is 0.143. The molecular weight excluding hydrogens is 363 g/mol. The molecule has 3 aromatic rings. The maximum absolute atomic E-state index is 13.8. The number of carbonyl (C=O) groups excluding carboxylic acids is 2. The number of hydrogen-bond acceptors (Lipinski definition) is 4. The lowest BCUT2D eigenvalue weighted by Gasteiger charge is -2.10. The van der Waals surface area contributed by atoms with Gasteiger partial charge in [0.25, 0.3) is 5.91 Å². The molecule has 2 amide bonds. The average Bonchev–Trinajstić information content (AvgIpc) is 3.21. The van der Waals surface area contributed by atoms with Crippen LogP contribution in [0.5, 0.6) is 5.75 Å². The smallest absolute Gasteiger partial charge is 0.305 e. The molecule has 0 aliphatic carbocycles. The molecule has 6 nitrogen and oxygen atoms in total. The molecule has 0 saturated heterocycles. The molecule has 1 heterocycles. The molecule has 0 atom stereocenters. The van der Waals surface area contributed by atoms with Crippen molar-refractivity contribution < 1.29 is 23.1 Å². The van der Waals surface area contributed by atoms with E-state index < -0.39 is 17.6 Å². The molecule has 2 N–H and O–H groups in total. The molecule has 3 rings (SSSR count). The number of ether oxygens (including phenoxy) is 1. The monoisotopic (exact) mass is 382 g/mol. The van der Waals surface area contributed by atoms with Crippen molar-refractivity contribution >= 4 is 11.8 Å². The topological polar surface area (TPSA) is 80.6 Å². The van der Waals surface area contributed by atoms with Crippen molar-refractivity contribution in [1.29, 1.82) is 0 Å². The summed E-state index contributed by atoms with van der Waals surface area (Å²) in [5.74, 6) is -0.872. The summed E-state index contributed by atoms with van der Waals surface area (Å²) < 4.78 is 24.6. The van der Waals surface area contributed by atoms with Crippen molar-refractivity contribution in [3.63, 3.8) is 0 Å². The predicted octanol–water partition coefficient (Wildman–Crippen LogP) is 3.49. The Labute approximate surface area is 161 Å². The summed E-state index contributed by atoms with van der Waals surface area (Å²) >= 11 is 0. The van der Waals surface area contributed by atoms with Gasteiger partial charge in [0, 0.05) is 0 Å². The highest BCUT2D eigenvalue weighted by Gasteiger charge is 2.15. The second-order valence-corrected chi connectivity index (χ2v) is 5.90. The number of carbonyl (C=O) groups is 2. The van der Waals surface area contributed by atoms with Crippen LogP contribution in [-0.4, -0.2) is 18.4 Å². The van der Waals surface area contributed by atoms with Gasteiger partial charge in [0.05, 0.1) is 5.56 Å². The number of furan rings is 1. The Hall–Kier alpha value is -3.61. The van der Waals surface area contributed by atoms with E-state index in [1.165, 1.54) is 18.2 Å². The van der Waals surface area contributed by atoms with E-state index in [4.69, 9.17) is 9.15 Å². The van der Waals surface area contributed by atoms with Gasteiger partial charge < -0.3 is 9.15 Å². The van der Waals surface area contributed by atoms with Crippen LogP contribution in [0.3, 0.4) is 0 Å². The maximum Gasteiger partial charge on any atom is 0.305 e. The van der Waals surface area contributed by atoms with E-state index in [1.54, 1.807) is 24.3 Å². The second kappa shape index (κ2) is 8.85. The van der Waals surface area contributed by atoms with E-state index in [-0.39, 0.29) is 23.7 Å². The van der Waals surface area contributed by atoms with E-state index in [2.05, 4.69) is 10.9 Å². The van der Waals surface area contributed by atoms with Gasteiger partial charge in [-0.1, -0.05) is 37.3 Å². The summed E-state index contributed by atoms with van der Waals surface area (Å²) in [5, 5.41) is 0. The van der Waals surface area contributed by atoms with E-state index in [9.17, 15) is 14.0 Å². The maximum atomic E-state index is 13.8. The average molecular weight is 382 g/mol. The van der Waals surface area contributed by atoms with Gasteiger partial charge in [0.1, 0.15) is 17.3 Å². The SMILES string of the molecule is CCc1ccccc1OCC(=O)NNC(=O)c1ccc(-c2ccccc2F)o1. The van der Waals surface area contributed by atoms with Crippen molar-refractivity contribution in [3.05, 3.63) is 77.8 Å². The van der Waals surface area contributed by atoms with Crippen molar-refractivity contribution in [1.82, 2.24) is 10.9 Å². The van der Waals surface area contributed by atoms with E-state index >= 15 is 0 Å². The predicted molar refractivity (Wildman–Crippen MR) is 101 cm³/mol. The Balaban J connectivity index is 1.53. The molecule has 0 bridgehead atoms. The van der Waals surface area contributed by atoms with Gasteiger partial charge in [0.2, 0.25) is 0 Å². The number of rotatable bonds is 6. The molecule has 0 saturated carbocycles. The quantitative estimate of drug-likeness (QED) is 0.640. The van der Waals surface area contributed by atoms with Crippen molar-refractivity contribution in [2.45, 2.75) is 13.3 Å². The summed E-state index contributed by atoms with van der Waals surface area (Å²) in [5.41, 5.74) is 5.71. The molecule has 0 aliphatic heterocycles. The fourth-order valence-corrected chi connectivity index (χ4v) is 2.57. The van der Waals surface area contributed by atoms with Crippen LogP contribution in [0.2, 0.25) is 0 Å². The Morgan fingerprint density at radius 2 is 1.75 bits per heavy atom. The molecule has 28 heavy (non-hydrogen) atoms. The zero-order valence-corrected chi connectivity index (χ0v) is 15.2. The van der Waals surface area contributed by atoms with E-state index in [0.717, 1.165) is 12.0 Å². The first-order valence-corrected chi connectivity index (χ1v) is 8.73. The number of nitrogens with one attached hydrogen (secondary N) is 2. The summed E-state index contributed by atoms with van der Waals surface area (Å²) in [6, 6.07) is 16.4. The van der Waals surface area contributed by atoms with E-state index in [0.29, 0.717) is 5.75 Å². The van der Waals surface area contributed by atoms with Crippen LogP contribution in [0.15, 0.2) is 65.1 Å². The molecule has 0 fully saturated rings. The van der Waals surface area contributed by atoms with Gasteiger partial charge in [-0.25, -0.2) is 4.39 Å². The highest BCUT2D eigenvalue weighted by Crippen LogP contribution is 2.24. The van der Waals surface area contributed by atoms with Crippen molar-refractivity contribution in [2.75, 3.05) is 6.61 Å². The highest BCUT2D eigenvalue weighted by molar-refractivity contribution is 5.93. The zero-order chi connectivity index (χ0) is 19.9. The third-order valence-electron chi connectivity index (χ3n) is 4.00. The Kier molecular flexibility index (Phi) is 6.06. The number of benzene rings is 2. The molecule has 1 aromatic heterocycles. The lowest BCUT2D eigenvalue weighted by Crippen LogP contribution is -2.43. The van der Waals surface area contributed by atoms with Gasteiger partial charge in [-0.3, -0.25) is 20.4 Å². The third kappa shape index (κ3) is 4.56. The number of amides is 2. The molecular formula is C21H19FN2O4. The lowest BCUT2D eigenvalue weighted by molar-refractivity contribution is -0.123. The molecule has 0 aliphatic rings. The molecule has 0 unspecified atom stereocenters. The largest absolute Gasteiger partial charge is 0.483 e. The summed E-state index contributed by atoms with van der Waals surface area (Å²) in [4.78, 5) is 24.0. The van der Waals surface area contributed by atoms with Crippen LogP contribution in [0.25, 0.3) is 11.3 Å². The Bertz CT molecular complexity index is 984. The molecule has 144 valence electrons. The number of aryl methyl sites for hydroxylation is 1. The number of hydrazine groups is 1. The number of halogens is 1. The minimum atomic E-state index is -0.662. The normalized spacial score (nSPS) is 10.4. The minimum absolute atomic E-state index is 0.0594. The highest BCUT2D eigenvalue weighted by atomic mass is 19.1. The second-order valence-electron chi connectivity index (χ2n) is 5.90. The summed E-state index contributed by atoms with van der Waals surface area (Å²) in [6.45, 7) is 1.73. The summed E-state index contributed by atoms with van der Waals surface area (Å²) in [7, 11) is 0. The van der Waals surface area contributed by atoms with Crippen LogP contribution in [-0.2, 0) is 11.2 Å². The molecule has 0 radical (unpaired) electrons. The Morgan fingerprint density at radius 1 is 1.00 bits per heavy atom. The molecule has 2 aromatic carbocycles. The van der Waals surface area contributed by atoms with Crippen LogP contribution < -0.4 is 15.6 Å². The van der Waals surface area contributed by atoms with E-state index in [1.807, 2.05) is 25.1 Å². The number of para-hydroxylation sites is 1. The fourth-order valence-electron chi connectivity index (χ4n) is 2.57. The van der Waals surface area contributed by atoms with Gasteiger partial charge in [-0.05, 0) is 42.3 Å². The van der Waals surface area contributed by atoms with Gasteiger partial charge >= 0.3 is 5.91 Å². The summed E-state index contributed by atoms with van der Waals surface area (Å²) in [6.07, 6.45) is 0.775. The van der Waals surface area contributed by atoms with Gasteiger partial charge in [-0.15, -0.1) is 0 Å². The van der Waals surface area contributed by atoms with Crippen LogP contribution >= 0.6 is 0 Å². The third-order valence-corrected chi connectivity index (χ3v) is 4.00. The molecule has 7 heteroatoms. The standard InChI is InChI=1S/C21H19FN2O4/c1-2-14-7-3-6-10-17(14)27-13-20(25)23-24-21(26)19-12-11-18(28-19)15-8-4-5-9-16(15)22/h3-12H,2,13H2,1H3,(H,23,25)(H,24,26). The Morgan fingerprint density at radius 3 is 2.54 bits per heavy atom. The van der Waals surface area contributed by atoms with Gasteiger partial charge in [-0.2, -0.15) is 0 Å². The zero-order valence-electron chi connectivity index (χ0n) is 15.2. The first-order chi connectivity index (χ1) is 13.6. The first-order valence-electron chi connectivity index (χ1n) is 8.73. The first kappa shape index (κ1) is 19.2. The lowest BCUT2D eigenvalue weighted by atomic mass is 10.1. The molecule has 0 spiro atoms. The van der Waals surface area contributed by atoms with Crippen molar-refractivity contribution in [2.24, 2.45) is 0 Å². The van der Waals surface area contributed by atoms with Gasteiger partial charge in [0.15, 0.2) is 12.4 Å². The minimum Gasteiger partial charge on any atom is -0.483 e.